The molecule has 1 fully saturated rings. The first-order valence-corrected chi connectivity index (χ1v) is 4.43. The van der Waals surface area contributed by atoms with E-state index in [1.807, 2.05) is 13.8 Å². The maximum absolute atomic E-state index is 11.3. The van der Waals surface area contributed by atoms with Gasteiger partial charge in [-0.05, 0) is 33.6 Å². The molecule has 1 rings (SSSR count). The third-order valence-corrected chi connectivity index (χ3v) is 2.17. The van der Waals surface area contributed by atoms with Crippen LogP contribution < -0.4 is 5.32 Å². The minimum absolute atomic E-state index is 0.0300. The molecule has 0 aromatic rings. The van der Waals surface area contributed by atoms with Gasteiger partial charge in [0, 0.05) is 12.0 Å². The van der Waals surface area contributed by atoms with Gasteiger partial charge >= 0.3 is 0 Å². The maximum atomic E-state index is 11.3. The second-order valence-corrected chi connectivity index (χ2v) is 4.27. The molecule has 0 aromatic heterocycles. The minimum atomic E-state index is -0.598. The summed E-state index contributed by atoms with van der Waals surface area (Å²) in [5.41, 5.74) is -0.598. The molecule has 1 aliphatic rings. The van der Waals surface area contributed by atoms with Gasteiger partial charge in [0.15, 0.2) is 0 Å². The van der Waals surface area contributed by atoms with E-state index in [9.17, 15) is 9.90 Å². The fourth-order valence-electron chi connectivity index (χ4n) is 1.59. The van der Waals surface area contributed by atoms with Crippen molar-refractivity contribution in [3.8, 4) is 0 Å². The van der Waals surface area contributed by atoms with Crippen molar-refractivity contribution in [2.45, 2.75) is 45.3 Å². The number of rotatable bonds is 2. The molecule has 1 amide bonds. The van der Waals surface area contributed by atoms with Crippen molar-refractivity contribution < 1.29 is 9.90 Å². The Morgan fingerprint density at radius 1 is 1.58 bits per heavy atom. The summed E-state index contributed by atoms with van der Waals surface area (Å²) in [5, 5.41) is 12.2. The van der Waals surface area contributed by atoms with Crippen LogP contribution in [0.5, 0.6) is 0 Å². The number of carbonyl (C=O) groups is 1. The lowest BCUT2D eigenvalue weighted by atomic mass is 9.72. The molecule has 0 spiro atoms. The lowest BCUT2D eigenvalue weighted by Gasteiger charge is -2.40. The first-order chi connectivity index (χ1) is 5.41. The number of aliphatic hydroxyl groups is 1. The van der Waals surface area contributed by atoms with Gasteiger partial charge < -0.3 is 10.4 Å². The van der Waals surface area contributed by atoms with E-state index in [4.69, 9.17) is 0 Å². The predicted molar refractivity (Wildman–Crippen MR) is 46.6 cm³/mol. The van der Waals surface area contributed by atoms with Crippen LogP contribution in [0, 0.1) is 5.92 Å². The van der Waals surface area contributed by atoms with E-state index in [1.165, 1.54) is 0 Å². The molecule has 0 aromatic carbocycles. The number of amides is 1. The van der Waals surface area contributed by atoms with Crippen LogP contribution in [0.1, 0.15) is 33.6 Å². The van der Waals surface area contributed by atoms with Gasteiger partial charge in [0.1, 0.15) is 0 Å². The Kier molecular flexibility index (Phi) is 2.42. The van der Waals surface area contributed by atoms with Crippen LogP contribution in [0.25, 0.3) is 0 Å². The second-order valence-electron chi connectivity index (χ2n) is 4.27. The van der Waals surface area contributed by atoms with Crippen molar-refractivity contribution >= 4 is 5.91 Å². The van der Waals surface area contributed by atoms with Gasteiger partial charge in [-0.3, -0.25) is 4.79 Å². The smallest absolute Gasteiger partial charge is 0.223 e. The zero-order valence-corrected chi connectivity index (χ0v) is 7.92. The number of hydrogen-bond acceptors (Lipinski definition) is 2. The molecule has 3 heteroatoms. The largest absolute Gasteiger partial charge is 0.390 e. The minimum Gasteiger partial charge on any atom is -0.390 e. The third kappa shape index (κ3) is 2.21. The normalized spacial score (nSPS) is 34.6. The monoisotopic (exact) mass is 171 g/mol. The summed E-state index contributed by atoms with van der Waals surface area (Å²) in [5.74, 6) is 0.110. The average Bonchev–Trinajstić information content (AvgIpc) is 1.80. The van der Waals surface area contributed by atoms with Crippen molar-refractivity contribution in [3.63, 3.8) is 0 Å². The highest BCUT2D eigenvalue weighted by molar-refractivity contribution is 5.80. The van der Waals surface area contributed by atoms with Gasteiger partial charge in [0.25, 0.3) is 0 Å². The van der Waals surface area contributed by atoms with Crippen molar-refractivity contribution in [3.05, 3.63) is 0 Å². The highest BCUT2D eigenvalue weighted by atomic mass is 16.3. The average molecular weight is 171 g/mol. The maximum Gasteiger partial charge on any atom is 0.223 e. The molecule has 0 atom stereocenters. The van der Waals surface area contributed by atoms with Crippen LogP contribution in [0.4, 0.5) is 0 Å². The lowest BCUT2D eigenvalue weighted by Crippen LogP contribution is -2.49. The zero-order chi connectivity index (χ0) is 9.35. The van der Waals surface area contributed by atoms with Crippen molar-refractivity contribution in [2.24, 2.45) is 5.92 Å². The summed E-state index contributed by atoms with van der Waals surface area (Å²) in [6.45, 7) is 5.65. The Morgan fingerprint density at radius 2 is 2.08 bits per heavy atom. The van der Waals surface area contributed by atoms with Crippen LogP contribution in [-0.2, 0) is 4.79 Å². The summed E-state index contributed by atoms with van der Waals surface area (Å²) in [6.07, 6.45) is 1.21. The quantitative estimate of drug-likeness (QED) is 0.641. The van der Waals surface area contributed by atoms with E-state index in [2.05, 4.69) is 5.32 Å². The molecule has 3 nitrogen and oxygen atoms in total. The Labute approximate surface area is 73.2 Å². The molecule has 0 heterocycles. The molecule has 0 saturated heterocycles. The Morgan fingerprint density at radius 3 is 2.42 bits per heavy atom. The van der Waals surface area contributed by atoms with Gasteiger partial charge in [-0.1, -0.05) is 0 Å². The van der Waals surface area contributed by atoms with Crippen molar-refractivity contribution in [2.75, 3.05) is 0 Å². The molecular weight excluding hydrogens is 154 g/mol. The standard InChI is InChI=1S/C9H17NO2/c1-6(2)10-8(11)7-4-9(3,12)5-7/h6-7,12H,4-5H2,1-3H3,(H,10,11). The number of hydrogen-bond donors (Lipinski definition) is 2. The molecule has 12 heavy (non-hydrogen) atoms. The van der Waals surface area contributed by atoms with Crippen LogP contribution in [-0.4, -0.2) is 22.7 Å². The van der Waals surface area contributed by atoms with Crippen LogP contribution in [0.15, 0.2) is 0 Å². The Hall–Kier alpha value is -0.570. The molecule has 0 unspecified atom stereocenters. The van der Waals surface area contributed by atoms with E-state index >= 15 is 0 Å². The van der Waals surface area contributed by atoms with E-state index in [-0.39, 0.29) is 17.9 Å². The molecule has 70 valence electrons. The molecule has 0 bridgehead atoms. The molecule has 1 saturated carbocycles. The van der Waals surface area contributed by atoms with Crippen LogP contribution >= 0.6 is 0 Å². The Balaban J connectivity index is 2.29. The summed E-state index contributed by atoms with van der Waals surface area (Å²) >= 11 is 0. The lowest BCUT2D eigenvalue weighted by molar-refractivity contribution is -0.139. The summed E-state index contributed by atoms with van der Waals surface area (Å²) in [4.78, 5) is 11.3. The van der Waals surface area contributed by atoms with Crippen LogP contribution in [0.3, 0.4) is 0 Å². The molecule has 1 aliphatic carbocycles. The molecular formula is C9H17NO2. The topological polar surface area (TPSA) is 49.3 Å². The van der Waals surface area contributed by atoms with E-state index < -0.39 is 5.60 Å². The number of nitrogens with one attached hydrogen (secondary N) is 1. The van der Waals surface area contributed by atoms with E-state index in [1.54, 1.807) is 6.92 Å². The molecule has 0 radical (unpaired) electrons. The SMILES string of the molecule is CC(C)NC(=O)C1CC(C)(O)C1. The summed E-state index contributed by atoms with van der Waals surface area (Å²) < 4.78 is 0. The van der Waals surface area contributed by atoms with Gasteiger partial charge in [0.05, 0.1) is 5.60 Å². The first-order valence-electron chi connectivity index (χ1n) is 4.43. The molecule has 0 aliphatic heterocycles. The summed E-state index contributed by atoms with van der Waals surface area (Å²) in [6, 6.07) is 0.197. The predicted octanol–water partition coefficient (Wildman–Crippen LogP) is 0.672. The van der Waals surface area contributed by atoms with Crippen molar-refractivity contribution in [1.29, 1.82) is 0 Å². The highest BCUT2D eigenvalue weighted by Gasteiger charge is 2.42. The van der Waals surface area contributed by atoms with Gasteiger partial charge in [-0.25, -0.2) is 0 Å². The second kappa shape index (κ2) is 3.05. The van der Waals surface area contributed by atoms with Crippen molar-refractivity contribution in [1.82, 2.24) is 5.32 Å². The number of carbonyl (C=O) groups excluding carboxylic acids is 1. The van der Waals surface area contributed by atoms with E-state index in [0.29, 0.717) is 12.8 Å². The molecule has 2 N–H and O–H groups in total. The van der Waals surface area contributed by atoms with E-state index in [0.717, 1.165) is 0 Å². The van der Waals surface area contributed by atoms with Gasteiger partial charge in [-0.15, -0.1) is 0 Å². The highest BCUT2D eigenvalue weighted by Crippen LogP contribution is 2.37. The van der Waals surface area contributed by atoms with Gasteiger partial charge in [0.2, 0.25) is 5.91 Å². The fourth-order valence-corrected chi connectivity index (χ4v) is 1.59. The fraction of sp³-hybridized carbons (Fsp3) is 0.889. The Bertz CT molecular complexity index is 179. The first kappa shape index (κ1) is 9.52. The summed E-state index contributed by atoms with van der Waals surface area (Å²) in [7, 11) is 0. The van der Waals surface area contributed by atoms with Gasteiger partial charge in [-0.2, -0.15) is 0 Å². The van der Waals surface area contributed by atoms with Crippen LogP contribution in [0.2, 0.25) is 0 Å². The zero-order valence-electron chi connectivity index (χ0n) is 7.92. The third-order valence-electron chi connectivity index (χ3n) is 2.17.